The fourth-order valence-electron chi connectivity index (χ4n) is 9.32. The van der Waals surface area contributed by atoms with E-state index in [0.717, 1.165) is 41.8 Å². The van der Waals surface area contributed by atoms with Crippen LogP contribution in [0.5, 0.6) is 11.5 Å². The van der Waals surface area contributed by atoms with E-state index in [9.17, 15) is 14.7 Å². The second-order valence-corrected chi connectivity index (χ2v) is 14.7. The van der Waals surface area contributed by atoms with Gasteiger partial charge in [0.1, 0.15) is 11.7 Å². The van der Waals surface area contributed by atoms with E-state index in [1.54, 1.807) is 6.07 Å². The summed E-state index contributed by atoms with van der Waals surface area (Å²) in [4.78, 5) is 31.7. The number of likely N-dealkylation sites (tertiary alicyclic amines) is 1. The van der Waals surface area contributed by atoms with Crippen LogP contribution in [0.4, 0.5) is 0 Å². The SMILES string of the molecule is CC(=O)O[C@@]12CC[C@H](N(CC(C)C)C(=O)C#Cc3ccc(C)c(C)c3)[C@@H]3Oc4c(O)ccc5c4[C@@]31CCN(CCc1ccccc1)[C@@H]2C5. The highest BCUT2D eigenvalue weighted by Crippen LogP contribution is 2.67. The number of phenols is 1. The Morgan fingerprint density at radius 1 is 1.08 bits per heavy atom. The average Bonchev–Trinajstić information content (AvgIpc) is 3.41. The van der Waals surface area contributed by atoms with Gasteiger partial charge in [0.2, 0.25) is 0 Å². The molecule has 2 aliphatic carbocycles. The summed E-state index contributed by atoms with van der Waals surface area (Å²) in [6.07, 6.45) is 2.96. The molecule has 7 heteroatoms. The Labute approximate surface area is 284 Å². The summed E-state index contributed by atoms with van der Waals surface area (Å²) in [5.74, 6) is 6.32. The lowest BCUT2D eigenvalue weighted by Crippen LogP contribution is -2.79. The first-order valence-electron chi connectivity index (χ1n) is 17.4. The highest BCUT2D eigenvalue weighted by molar-refractivity contribution is 5.94. The molecular weight excluding hydrogens is 600 g/mol. The summed E-state index contributed by atoms with van der Waals surface area (Å²) in [6.45, 7) is 12.0. The van der Waals surface area contributed by atoms with Gasteiger partial charge < -0.3 is 19.5 Å². The first-order valence-corrected chi connectivity index (χ1v) is 17.4. The Kier molecular flexibility index (Phi) is 8.28. The number of carbonyl (C=O) groups is 2. The van der Waals surface area contributed by atoms with Crippen molar-refractivity contribution >= 4 is 11.9 Å². The molecule has 1 saturated heterocycles. The maximum Gasteiger partial charge on any atom is 0.303 e. The summed E-state index contributed by atoms with van der Waals surface area (Å²) in [7, 11) is 0. The monoisotopic (exact) mass is 646 g/mol. The molecule has 1 spiro atoms. The van der Waals surface area contributed by atoms with E-state index in [4.69, 9.17) is 9.47 Å². The molecule has 1 N–H and O–H groups in total. The average molecular weight is 647 g/mol. The molecule has 0 unspecified atom stereocenters. The number of piperidine rings is 1. The van der Waals surface area contributed by atoms with Gasteiger partial charge in [-0.25, -0.2) is 0 Å². The third-order valence-corrected chi connectivity index (χ3v) is 11.4. The second kappa shape index (κ2) is 12.3. The van der Waals surface area contributed by atoms with Gasteiger partial charge in [-0.1, -0.05) is 62.2 Å². The summed E-state index contributed by atoms with van der Waals surface area (Å²) in [5, 5.41) is 11.2. The van der Waals surface area contributed by atoms with Gasteiger partial charge >= 0.3 is 5.97 Å². The van der Waals surface area contributed by atoms with Gasteiger partial charge in [-0.3, -0.25) is 14.5 Å². The Bertz CT molecular complexity index is 1810. The topological polar surface area (TPSA) is 79.3 Å². The number of rotatable bonds is 7. The lowest BCUT2D eigenvalue weighted by Gasteiger charge is -2.65. The predicted molar refractivity (Wildman–Crippen MR) is 185 cm³/mol. The standard InChI is InChI=1S/C41H46N2O5/c1-26(2)25-43(36(46)16-13-31-12-11-27(3)28(4)23-31)33-17-19-41(48-29(5)44)35-24-32-14-15-34(45)38-37(32)40(41,39(33)47-38)20-22-42(35)21-18-30-9-7-6-8-10-30/h6-12,14-15,23,26,33,35,39,45H,17-22,24-25H2,1-5H3/t33-,35+,39-,40-,41+/m0/s1. The number of aromatic hydroxyl groups is 1. The maximum atomic E-state index is 14.1. The number of carbonyl (C=O) groups excluding carboxylic acids is 2. The van der Waals surface area contributed by atoms with Crippen LogP contribution >= 0.6 is 0 Å². The molecule has 4 aliphatic rings. The molecule has 2 bridgehead atoms. The molecule has 2 heterocycles. The molecule has 2 aliphatic heterocycles. The number of esters is 1. The first-order chi connectivity index (χ1) is 23.0. The van der Waals surface area contributed by atoms with Crippen molar-refractivity contribution in [2.75, 3.05) is 19.6 Å². The van der Waals surface area contributed by atoms with E-state index in [-0.39, 0.29) is 35.6 Å². The van der Waals surface area contributed by atoms with E-state index in [0.29, 0.717) is 38.0 Å². The van der Waals surface area contributed by atoms with Crippen molar-refractivity contribution < 1.29 is 24.2 Å². The van der Waals surface area contributed by atoms with Crippen LogP contribution in [0.25, 0.3) is 0 Å². The summed E-state index contributed by atoms with van der Waals surface area (Å²) < 4.78 is 13.5. The molecule has 250 valence electrons. The van der Waals surface area contributed by atoms with Gasteiger partial charge in [0.15, 0.2) is 11.5 Å². The third kappa shape index (κ3) is 5.17. The lowest BCUT2D eigenvalue weighted by molar-refractivity contribution is -0.224. The van der Waals surface area contributed by atoms with Crippen molar-refractivity contribution in [2.45, 2.75) is 95.9 Å². The number of nitrogens with zero attached hydrogens (tertiary/aromatic N) is 2. The molecule has 5 atom stereocenters. The van der Waals surface area contributed by atoms with Crippen LogP contribution in [0, 0.1) is 31.6 Å². The number of hydrogen-bond donors (Lipinski definition) is 1. The van der Waals surface area contributed by atoms with E-state index >= 15 is 0 Å². The minimum Gasteiger partial charge on any atom is -0.504 e. The van der Waals surface area contributed by atoms with E-state index in [1.165, 1.54) is 18.1 Å². The van der Waals surface area contributed by atoms with Crippen LogP contribution in [0.3, 0.4) is 0 Å². The number of phenolic OH excluding ortho intramolecular Hbond substituents is 1. The molecular formula is C41H46N2O5. The fraction of sp³-hybridized carbons (Fsp3) is 0.463. The smallest absolute Gasteiger partial charge is 0.303 e. The molecule has 3 aromatic rings. The summed E-state index contributed by atoms with van der Waals surface area (Å²) >= 11 is 0. The number of ether oxygens (including phenoxy) is 2. The van der Waals surface area contributed by atoms with Crippen LogP contribution in [-0.4, -0.2) is 70.2 Å². The molecule has 7 nitrogen and oxygen atoms in total. The van der Waals surface area contributed by atoms with Crippen molar-refractivity contribution in [3.8, 4) is 23.3 Å². The van der Waals surface area contributed by atoms with Crippen LogP contribution in [0.1, 0.15) is 73.4 Å². The molecule has 0 aromatic heterocycles. The fourth-order valence-corrected chi connectivity index (χ4v) is 9.32. The maximum absolute atomic E-state index is 14.1. The molecule has 1 amide bonds. The third-order valence-electron chi connectivity index (χ3n) is 11.4. The van der Waals surface area contributed by atoms with Crippen LogP contribution in [-0.2, 0) is 32.6 Å². The second-order valence-electron chi connectivity index (χ2n) is 14.7. The van der Waals surface area contributed by atoms with Crippen molar-refractivity contribution in [3.63, 3.8) is 0 Å². The number of benzene rings is 3. The highest BCUT2D eigenvalue weighted by atomic mass is 16.6. The number of amides is 1. The Morgan fingerprint density at radius 2 is 1.88 bits per heavy atom. The molecule has 1 saturated carbocycles. The van der Waals surface area contributed by atoms with Gasteiger partial charge in [-0.05, 0) is 98.9 Å². The zero-order chi connectivity index (χ0) is 33.8. The quantitative estimate of drug-likeness (QED) is 0.255. The van der Waals surface area contributed by atoms with Crippen LogP contribution in [0.15, 0.2) is 60.7 Å². The Morgan fingerprint density at radius 3 is 2.60 bits per heavy atom. The molecule has 48 heavy (non-hydrogen) atoms. The van der Waals surface area contributed by atoms with Gasteiger partial charge in [-0.2, -0.15) is 0 Å². The van der Waals surface area contributed by atoms with E-state index in [1.807, 2.05) is 42.2 Å². The summed E-state index contributed by atoms with van der Waals surface area (Å²) in [5.41, 5.74) is 4.92. The van der Waals surface area contributed by atoms with Crippen LogP contribution in [0.2, 0.25) is 0 Å². The lowest BCUT2D eigenvalue weighted by atomic mass is 9.48. The summed E-state index contributed by atoms with van der Waals surface area (Å²) in [6, 6.07) is 19.9. The van der Waals surface area contributed by atoms with Gasteiger partial charge in [0.25, 0.3) is 5.91 Å². The van der Waals surface area contributed by atoms with Crippen molar-refractivity contribution in [2.24, 2.45) is 5.92 Å². The van der Waals surface area contributed by atoms with Crippen LogP contribution < -0.4 is 4.74 Å². The zero-order valence-corrected chi connectivity index (χ0v) is 28.7. The van der Waals surface area contributed by atoms with Gasteiger partial charge in [0.05, 0.1) is 17.5 Å². The normalized spacial score (nSPS) is 26.6. The highest BCUT2D eigenvalue weighted by Gasteiger charge is 2.75. The molecule has 3 aromatic carbocycles. The van der Waals surface area contributed by atoms with Gasteiger partial charge in [0, 0.05) is 37.1 Å². The van der Waals surface area contributed by atoms with Crippen molar-refractivity contribution in [3.05, 3.63) is 94.0 Å². The predicted octanol–water partition coefficient (Wildman–Crippen LogP) is 5.88. The van der Waals surface area contributed by atoms with E-state index in [2.05, 4.69) is 61.8 Å². The number of aryl methyl sites for hydroxylation is 2. The minimum absolute atomic E-state index is 0.0623. The largest absolute Gasteiger partial charge is 0.504 e. The van der Waals surface area contributed by atoms with Gasteiger partial charge in [-0.15, -0.1) is 0 Å². The Balaban J connectivity index is 1.30. The Hall–Kier alpha value is -4.28. The molecule has 2 fully saturated rings. The first kappa shape index (κ1) is 32.3. The zero-order valence-electron chi connectivity index (χ0n) is 28.7. The number of hydrogen-bond acceptors (Lipinski definition) is 6. The van der Waals surface area contributed by atoms with Crippen molar-refractivity contribution in [1.82, 2.24) is 9.80 Å². The van der Waals surface area contributed by atoms with Crippen molar-refractivity contribution in [1.29, 1.82) is 0 Å². The van der Waals surface area contributed by atoms with E-state index < -0.39 is 17.1 Å². The minimum atomic E-state index is -0.862. The molecule has 0 radical (unpaired) electrons. The molecule has 7 rings (SSSR count).